The van der Waals surface area contributed by atoms with Crippen LogP contribution < -0.4 is 35.1 Å². The second-order valence-corrected chi connectivity index (χ2v) is 8.70. The Labute approximate surface area is 149 Å². The SMILES string of the molecule is NCC1CN2[I-]COc3cc(-c4ccc(Cl)cc4Cl)cc1c32. The van der Waals surface area contributed by atoms with Crippen LogP contribution in [0.2, 0.25) is 10.0 Å². The molecule has 22 heavy (non-hydrogen) atoms. The van der Waals surface area contributed by atoms with Crippen molar-refractivity contribution in [2.24, 2.45) is 5.73 Å². The molecule has 2 aromatic carbocycles. The van der Waals surface area contributed by atoms with Gasteiger partial charge in [0.1, 0.15) is 0 Å². The average Bonchev–Trinajstić information content (AvgIpc) is 2.87. The van der Waals surface area contributed by atoms with Crippen molar-refractivity contribution in [3.05, 3.63) is 45.9 Å². The summed E-state index contributed by atoms with van der Waals surface area (Å²) < 4.78 is 9.23. The second-order valence-electron chi connectivity index (χ2n) is 5.39. The Balaban J connectivity index is 1.89. The van der Waals surface area contributed by atoms with Crippen molar-refractivity contribution >= 4 is 28.9 Å². The van der Waals surface area contributed by atoms with E-state index < -0.39 is 0 Å². The van der Waals surface area contributed by atoms with Crippen LogP contribution in [0, 0.1) is 0 Å². The molecule has 2 heterocycles. The van der Waals surface area contributed by atoms with Gasteiger partial charge in [0.15, 0.2) is 0 Å². The second kappa shape index (κ2) is 5.74. The van der Waals surface area contributed by atoms with Crippen LogP contribution in [0.3, 0.4) is 0 Å². The Bertz CT molecular complexity index is 753. The molecule has 2 N–H and O–H groups in total. The maximum atomic E-state index is 6.37. The average molecular weight is 448 g/mol. The van der Waals surface area contributed by atoms with E-state index in [-0.39, 0.29) is 21.5 Å². The quantitative estimate of drug-likeness (QED) is 0.422. The monoisotopic (exact) mass is 447 g/mol. The van der Waals surface area contributed by atoms with Crippen LogP contribution in [-0.2, 0) is 0 Å². The third-order valence-corrected chi connectivity index (χ3v) is 6.93. The van der Waals surface area contributed by atoms with Gasteiger partial charge in [-0.1, -0.05) is 0 Å². The van der Waals surface area contributed by atoms with Crippen LogP contribution in [0.5, 0.6) is 5.75 Å². The van der Waals surface area contributed by atoms with E-state index in [0.717, 1.165) is 28.0 Å². The molecule has 2 aromatic rings. The molecule has 0 fully saturated rings. The molecule has 0 saturated carbocycles. The van der Waals surface area contributed by atoms with Crippen LogP contribution in [-0.4, -0.2) is 17.7 Å². The van der Waals surface area contributed by atoms with E-state index in [0.29, 0.717) is 22.5 Å². The molecule has 0 spiro atoms. The molecular weight excluding hydrogens is 434 g/mol. The first kappa shape index (κ1) is 14.9. The number of benzene rings is 2. The molecule has 0 radical (unpaired) electrons. The molecular formula is C16H14Cl2IN2O-. The molecule has 4 rings (SSSR count). The fourth-order valence-electron chi connectivity index (χ4n) is 3.02. The number of hydrogen-bond donors (Lipinski definition) is 1. The van der Waals surface area contributed by atoms with Crippen molar-refractivity contribution in [2.45, 2.75) is 5.92 Å². The van der Waals surface area contributed by atoms with Crippen LogP contribution >= 0.6 is 23.2 Å². The van der Waals surface area contributed by atoms with Gasteiger partial charge in [-0.05, 0) is 0 Å². The summed E-state index contributed by atoms with van der Waals surface area (Å²) >= 11 is 12.3. The zero-order valence-electron chi connectivity index (χ0n) is 11.7. The van der Waals surface area contributed by atoms with Crippen LogP contribution in [0.15, 0.2) is 30.3 Å². The molecule has 2 aliphatic rings. The number of ether oxygens (including phenoxy) is 1. The van der Waals surface area contributed by atoms with Gasteiger partial charge in [-0.25, -0.2) is 0 Å². The minimum atomic E-state index is -0.0854. The first-order chi connectivity index (χ1) is 10.7. The summed E-state index contributed by atoms with van der Waals surface area (Å²) in [5, 5.41) is 1.30. The van der Waals surface area contributed by atoms with Gasteiger partial charge in [0, 0.05) is 0 Å². The fraction of sp³-hybridized carbons (Fsp3) is 0.250. The molecule has 116 valence electrons. The summed E-state index contributed by atoms with van der Waals surface area (Å²) in [6, 6.07) is 9.89. The van der Waals surface area contributed by atoms with E-state index in [9.17, 15) is 0 Å². The number of anilines is 1. The molecule has 2 aliphatic heterocycles. The predicted molar refractivity (Wildman–Crippen MR) is 86.5 cm³/mol. The number of alkyl halides is 1. The van der Waals surface area contributed by atoms with E-state index in [1.807, 2.05) is 12.1 Å². The zero-order chi connectivity index (χ0) is 15.3. The zero-order valence-corrected chi connectivity index (χ0v) is 15.3. The van der Waals surface area contributed by atoms with Crippen LogP contribution in [0.25, 0.3) is 11.1 Å². The summed E-state index contributed by atoms with van der Waals surface area (Å²) in [6.07, 6.45) is 0. The van der Waals surface area contributed by atoms with Crippen molar-refractivity contribution < 1.29 is 26.2 Å². The van der Waals surface area contributed by atoms with E-state index in [1.165, 1.54) is 11.3 Å². The molecule has 0 aliphatic carbocycles. The van der Waals surface area contributed by atoms with E-state index >= 15 is 0 Å². The first-order valence-corrected chi connectivity index (χ1v) is 10.2. The summed E-state index contributed by atoms with van der Waals surface area (Å²) in [7, 11) is 0. The number of rotatable bonds is 2. The molecule has 3 nitrogen and oxygen atoms in total. The van der Waals surface area contributed by atoms with Gasteiger partial charge < -0.3 is 0 Å². The molecule has 6 heteroatoms. The fourth-order valence-corrected chi connectivity index (χ4v) is 5.96. The summed E-state index contributed by atoms with van der Waals surface area (Å²) in [4.78, 5) is 0. The van der Waals surface area contributed by atoms with Gasteiger partial charge in [0.2, 0.25) is 0 Å². The Morgan fingerprint density at radius 3 is 2.91 bits per heavy atom. The molecule has 0 aromatic heterocycles. The predicted octanol–water partition coefficient (Wildman–Crippen LogP) is 0.877. The Morgan fingerprint density at radius 1 is 1.27 bits per heavy atom. The third kappa shape index (κ3) is 2.37. The van der Waals surface area contributed by atoms with E-state index in [4.69, 9.17) is 33.7 Å². The van der Waals surface area contributed by atoms with Crippen molar-refractivity contribution in [1.82, 2.24) is 0 Å². The summed E-state index contributed by atoms with van der Waals surface area (Å²) in [6.45, 7) is 1.68. The standard InChI is InChI=1S/C16H14Cl2IN2O/c17-11-1-2-12(14(18)5-11)9-3-13-10(6-20)7-21-16(13)15(4-9)22-8-19-21/h1-5,10H,6-8,20H2/q-1. The van der Waals surface area contributed by atoms with Gasteiger partial charge in [-0.15, -0.1) is 0 Å². The maximum absolute atomic E-state index is 6.37. The van der Waals surface area contributed by atoms with Gasteiger partial charge in [0.05, 0.1) is 0 Å². The third-order valence-electron chi connectivity index (χ3n) is 4.10. The van der Waals surface area contributed by atoms with Gasteiger partial charge in [-0.3, -0.25) is 0 Å². The molecule has 0 saturated heterocycles. The summed E-state index contributed by atoms with van der Waals surface area (Å²) in [5.74, 6) is 1.33. The Hall–Kier alpha value is -0.690. The van der Waals surface area contributed by atoms with Crippen molar-refractivity contribution in [3.8, 4) is 16.9 Å². The molecule has 1 unspecified atom stereocenters. The normalized spacial score (nSPS) is 19.4. The minimum absolute atomic E-state index is 0.0854. The van der Waals surface area contributed by atoms with Gasteiger partial charge in [0.25, 0.3) is 0 Å². The van der Waals surface area contributed by atoms with Crippen molar-refractivity contribution in [2.75, 3.05) is 20.8 Å². The topological polar surface area (TPSA) is 38.5 Å². The molecule has 0 amide bonds. The van der Waals surface area contributed by atoms with Crippen molar-refractivity contribution in [3.63, 3.8) is 0 Å². The number of nitrogens with zero attached hydrogens (tertiary/aromatic N) is 1. The molecule has 1 atom stereocenters. The van der Waals surface area contributed by atoms with Gasteiger partial charge in [-0.2, -0.15) is 0 Å². The van der Waals surface area contributed by atoms with E-state index in [1.54, 1.807) is 6.07 Å². The van der Waals surface area contributed by atoms with Crippen molar-refractivity contribution in [1.29, 1.82) is 0 Å². The Kier molecular flexibility index (Phi) is 3.88. The van der Waals surface area contributed by atoms with E-state index in [2.05, 4.69) is 15.2 Å². The van der Waals surface area contributed by atoms with Crippen LogP contribution in [0.4, 0.5) is 5.69 Å². The summed E-state index contributed by atoms with van der Waals surface area (Å²) in [5.41, 5.74) is 10.6. The number of nitrogens with two attached hydrogens (primary N) is 1. The first-order valence-electron chi connectivity index (χ1n) is 7.00. The van der Waals surface area contributed by atoms with Crippen LogP contribution in [0.1, 0.15) is 11.5 Å². The number of halogens is 3. The number of hydrogen-bond acceptors (Lipinski definition) is 3. The molecule has 0 bridgehead atoms. The Morgan fingerprint density at radius 2 is 2.14 bits per heavy atom. The van der Waals surface area contributed by atoms with Gasteiger partial charge >= 0.3 is 150 Å².